The van der Waals surface area contributed by atoms with Gasteiger partial charge in [-0.3, -0.25) is 0 Å². The third-order valence-corrected chi connectivity index (χ3v) is 23.5. The van der Waals surface area contributed by atoms with Crippen molar-refractivity contribution < 1.29 is 138 Å². The molecule has 4 heterocycles. The molecule has 0 unspecified atom stereocenters. The second-order valence-corrected chi connectivity index (χ2v) is 28.7. The third-order valence-electron chi connectivity index (χ3n) is 23.5. The van der Waals surface area contributed by atoms with Gasteiger partial charge in [0.2, 0.25) is 0 Å². The zero-order valence-electron chi connectivity index (χ0n) is 53.2. The van der Waals surface area contributed by atoms with Gasteiger partial charge in [0.15, 0.2) is 37.4 Å². The quantitative estimate of drug-likeness (QED) is 0.0327. The fourth-order valence-electron chi connectivity index (χ4n) is 17.6. The van der Waals surface area contributed by atoms with Crippen molar-refractivity contribution in [2.75, 3.05) is 33.0 Å². The van der Waals surface area contributed by atoms with E-state index < -0.39 is 230 Å². The van der Waals surface area contributed by atoms with Gasteiger partial charge in [0.25, 0.3) is 0 Å². The minimum Gasteiger partial charge on any atom is -0.479 e. The number of aliphatic hydroxyl groups excluding tert-OH is 14. The number of carboxylic acids is 1. The van der Waals surface area contributed by atoms with Crippen LogP contribution >= 0.6 is 0 Å². The number of aliphatic hydroxyl groups is 14. The summed E-state index contributed by atoms with van der Waals surface area (Å²) in [5.74, 6) is -4.16. The molecule has 5 aliphatic carbocycles. The van der Waals surface area contributed by atoms with Crippen LogP contribution in [0, 0.1) is 50.2 Å². The Kier molecular flexibility index (Phi) is 21.4. The predicted octanol–water partition coefficient (Wildman–Crippen LogP) is -1.91. The number of aliphatic carboxylic acids is 1. The molecule has 4 saturated carbocycles. The van der Waals surface area contributed by atoms with Gasteiger partial charge in [0.05, 0.1) is 50.7 Å². The van der Waals surface area contributed by atoms with Crippen LogP contribution in [-0.2, 0) is 61.8 Å². The van der Waals surface area contributed by atoms with E-state index in [-0.39, 0.29) is 30.3 Å². The Hall–Kier alpha value is -3.25. The fourth-order valence-corrected chi connectivity index (χ4v) is 17.6. The monoisotopic (exact) mass is 1300 g/mol. The van der Waals surface area contributed by atoms with Crippen LogP contribution in [0.3, 0.4) is 0 Å². The van der Waals surface area contributed by atoms with E-state index in [1.807, 2.05) is 20.8 Å². The lowest BCUT2D eigenvalue weighted by molar-refractivity contribution is -0.401. The molecule has 4 saturated heterocycles. The first-order chi connectivity index (χ1) is 42.7. The summed E-state index contributed by atoms with van der Waals surface area (Å²) < 4.78 is 61.3. The molecule has 4 aliphatic heterocycles. The van der Waals surface area contributed by atoms with E-state index in [1.54, 1.807) is 39.8 Å². The maximum atomic E-state index is 13.9. The van der Waals surface area contributed by atoms with Crippen molar-refractivity contribution in [2.45, 2.75) is 255 Å². The zero-order chi connectivity index (χ0) is 67.2. The summed E-state index contributed by atoms with van der Waals surface area (Å²) in [6.45, 7) is 15.2. The van der Waals surface area contributed by atoms with Gasteiger partial charge in [-0.2, -0.15) is 0 Å². The number of esters is 2. The summed E-state index contributed by atoms with van der Waals surface area (Å²) in [7, 11) is 0. The molecule has 0 bridgehead atoms. The number of hydrogen-bond donors (Lipinski definition) is 15. The van der Waals surface area contributed by atoms with Crippen LogP contribution < -0.4 is 0 Å². The van der Waals surface area contributed by atoms with Gasteiger partial charge in [0, 0.05) is 22.0 Å². The fraction of sp³-hybridized carbons (Fsp3) is 0.857. The first kappa shape index (κ1) is 72.0. The number of carboxylic acid groups (broad SMARTS) is 1. The van der Waals surface area contributed by atoms with Crippen LogP contribution in [-0.4, -0.2) is 269 Å². The lowest BCUT2D eigenvalue weighted by atomic mass is 9.33. The minimum absolute atomic E-state index is 0.124. The Bertz CT molecular complexity index is 2700. The minimum atomic E-state index is -2.30. The summed E-state index contributed by atoms with van der Waals surface area (Å²) in [5, 5.41) is 167. The van der Waals surface area contributed by atoms with Crippen molar-refractivity contribution in [3.8, 4) is 0 Å². The molecule has 28 heteroatoms. The molecule has 0 aromatic heterocycles. The van der Waals surface area contributed by atoms with Crippen molar-refractivity contribution in [2.24, 2.45) is 50.2 Å². The molecule has 31 atom stereocenters. The highest BCUT2D eigenvalue weighted by Gasteiger charge is 2.74. The van der Waals surface area contributed by atoms with E-state index >= 15 is 0 Å². The van der Waals surface area contributed by atoms with Crippen LogP contribution in [0.5, 0.6) is 0 Å². The second-order valence-electron chi connectivity index (χ2n) is 28.7. The van der Waals surface area contributed by atoms with E-state index in [1.165, 1.54) is 0 Å². The average Bonchev–Trinajstić information content (AvgIpc) is 0.670. The lowest BCUT2D eigenvalue weighted by Gasteiger charge is -2.72. The van der Waals surface area contributed by atoms with E-state index in [2.05, 4.69) is 26.8 Å². The summed E-state index contributed by atoms with van der Waals surface area (Å²) in [6.07, 6.45) is -34.1. The van der Waals surface area contributed by atoms with E-state index in [0.29, 0.717) is 37.7 Å². The number of carbonyl (C=O) groups is 3. The smallest absolute Gasteiger partial charge is 0.335 e. The Morgan fingerprint density at radius 2 is 1.14 bits per heavy atom. The Morgan fingerprint density at radius 1 is 0.593 bits per heavy atom. The molecule has 518 valence electrons. The molecular formula is C63H98O28. The Morgan fingerprint density at radius 3 is 1.67 bits per heavy atom. The zero-order valence-corrected chi connectivity index (χ0v) is 53.2. The molecule has 0 aromatic rings. The molecule has 91 heavy (non-hydrogen) atoms. The summed E-state index contributed by atoms with van der Waals surface area (Å²) in [5.41, 5.74) is -3.97. The molecule has 8 fully saturated rings. The predicted molar refractivity (Wildman–Crippen MR) is 309 cm³/mol. The Balaban J connectivity index is 1.06. The van der Waals surface area contributed by atoms with Crippen molar-refractivity contribution in [3.05, 3.63) is 34.9 Å². The van der Waals surface area contributed by atoms with Gasteiger partial charge >= 0.3 is 17.9 Å². The first-order valence-electron chi connectivity index (χ1n) is 31.7. The number of hydrogen-bond acceptors (Lipinski definition) is 27. The van der Waals surface area contributed by atoms with Gasteiger partial charge in [0.1, 0.15) is 91.6 Å². The van der Waals surface area contributed by atoms with Crippen molar-refractivity contribution in [1.82, 2.24) is 0 Å². The van der Waals surface area contributed by atoms with Crippen LogP contribution in [0.2, 0.25) is 0 Å². The lowest BCUT2D eigenvalue weighted by Crippen LogP contribution is -2.72. The molecule has 0 radical (unpaired) electrons. The molecule has 15 N–H and O–H groups in total. The molecule has 28 nitrogen and oxygen atoms in total. The number of fused-ring (bicyclic) bond motifs is 7. The summed E-state index contributed by atoms with van der Waals surface area (Å²) >= 11 is 0. The second kappa shape index (κ2) is 27.0. The standard InChI is InChI=1S/C63H98O28/c1-11-26(3)52(80)90-49-50(91-53(81)27(4)12-2)63(25-67)29(19-58(49,5)6)28-13-14-34-59(7)17-16-36(60(8,24-66)33(59)15-18-61(34,9)62(28,10)20-35(63)69)85-57-48(89-55-43(76)41(74)39(72)32(22-65)84-55)45(44(77)46(87-57)51(78)79)86-56-47(37(70)30(68)23-82-56)88-54-42(75)40(73)38(71)31(21-64)83-54/h11-13,29-50,54-57,64-77H,14-25H2,1-10H3,(H,78,79)/t29-,30-,31+,32+,33+,34+,35+,36-,37-,38+,39-,40-,41-,42+,43+,44-,45-,46-,47+,48+,49-,50-,54-,55-,56-,57+,59-,60-,61+,62+,63-/m0/s1. The highest BCUT2D eigenvalue weighted by atomic mass is 16.8. The highest BCUT2D eigenvalue weighted by molar-refractivity contribution is 5.89. The van der Waals surface area contributed by atoms with Crippen molar-refractivity contribution in [1.29, 1.82) is 0 Å². The number of ether oxygens (including phenoxy) is 10. The number of rotatable bonds is 17. The van der Waals surface area contributed by atoms with Gasteiger partial charge < -0.3 is 124 Å². The first-order valence-corrected chi connectivity index (χ1v) is 31.7. The maximum Gasteiger partial charge on any atom is 0.335 e. The van der Waals surface area contributed by atoms with E-state index in [4.69, 9.17) is 47.4 Å². The molecule has 0 aromatic carbocycles. The molecule has 0 amide bonds. The van der Waals surface area contributed by atoms with Crippen molar-refractivity contribution in [3.63, 3.8) is 0 Å². The van der Waals surface area contributed by atoms with Gasteiger partial charge in [-0.15, -0.1) is 0 Å². The molecular weight excluding hydrogens is 1200 g/mol. The van der Waals surface area contributed by atoms with Crippen LogP contribution in [0.4, 0.5) is 0 Å². The third kappa shape index (κ3) is 12.0. The van der Waals surface area contributed by atoms with Gasteiger partial charge in [-0.25, -0.2) is 14.4 Å². The normalized spacial score (nSPS) is 50.0. The summed E-state index contributed by atoms with van der Waals surface area (Å²) in [4.78, 5) is 40.8. The molecule has 9 rings (SSSR count). The number of allylic oxidation sites excluding steroid dienone is 4. The van der Waals surface area contributed by atoms with Crippen LogP contribution in [0.15, 0.2) is 34.9 Å². The largest absolute Gasteiger partial charge is 0.479 e. The van der Waals surface area contributed by atoms with Crippen LogP contribution in [0.25, 0.3) is 0 Å². The van der Waals surface area contributed by atoms with Crippen LogP contribution in [0.1, 0.15) is 114 Å². The molecule has 9 aliphatic rings. The van der Waals surface area contributed by atoms with Gasteiger partial charge in [-0.1, -0.05) is 65.3 Å². The average molecular weight is 1300 g/mol. The maximum absolute atomic E-state index is 13.9. The molecule has 0 spiro atoms. The topological polar surface area (TPSA) is 447 Å². The van der Waals surface area contributed by atoms with Crippen molar-refractivity contribution >= 4 is 17.9 Å². The Labute approximate surface area is 528 Å². The van der Waals surface area contributed by atoms with Gasteiger partial charge in [-0.05, 0) is 107 Å². The van der Waals surface area contributed by atoms with E-state index in [0.717, 1.165) is 5.57 Å². The van der Waals surface area contributed by atoms with E-state index in [9.17, 15) is 91.0 Å². The SMILES string of the molecule is CC=C(C)C(=O)O[C@H]1[C@H](OC(=O)C(C)=CC)[C@]2(CO)[C@H](O)C[C@]3(C)C(=CC[C@@H]4[C@@]5(C)CC[C@H](O[C@@H]6O[C@H](C(=O)O)[C@@H](O)[C@H](O[C@@H]7OC[C@H](O)[C@H](O)[C@H]7O[C@@H]7O[C@H](CO)[C@@H](O)[C@H](O)[C@H]7O)[C@H]6O[C@@H]6O[C@H](CO)[C@H](O)[C@H](O)[C@H]6O)[C@@](C)(CO)[C@@H]5CC[C@]43C)[C@@H]2CC1(C)C. The highest BCUT2D eigenvalue weighted by Crippen LogP contribution is 2.76. The summed E-state index contributed by atoms with van der Waals surface area (Å²) in [6, 6.07) is 0. The number of carbonyl (C=O) groups excluding carboxylic acids is 2.